The number of oxazole rings is 1. The fraction of sp³-hybridized carbons (Fsp3) is 0.333. The van der Waals surface area contributed by atoms with Gasteiger partial charge in [-0.15, -0.1) is 0 Å². The summed E-state index contributed by atoms with van der Waals surface area (Å²) in [4.78, 5) is 14.8. The highest BCUT2D eigenvalue weighted by atomic mass is 79.9. The summed E-state index contributed by atoms with van der Waals surface area (Å²) < 4.78 is 47.6. The average molecular weight is 352 g/mol. The van der Waals surface area contributed by atoms with Crippen molar-refractivity contribution in [2.45, 2.75) is 17.9 Å². The molecule has 20 heavy (non-hydrogen) atoms. The number of benzene rings is 1. The molecule has 1 atom stereocenters. The Bertz CT molecular complexity index is 664. The van der Waals surface area contributed by atoms with Crippen molar-refractivity contribution >= 4 is 32.8 Å². The van der Waals surface area contributed by atoms with E-state index >= 15 is 0 Å². The first-order chi connectivity index (χ1) is 9.25. The Morgan fingerprint density at radius 2 is 2.10 bits per heavy atom. The first kappa shape index (κ1) is 14.8. The smallest absolute Gasteiger partial charge is 0.468 e. The Hall–Kier alpha value is -1.57. The van der Waals surface area contributed by atoms with Crippen LogP contribution in [0.2, 0.25) is 0 Å². The molecule has 4 nitrogen and oxygen atoms in total. The number of alkyl halides is 4. The summed E-state index contributed by atoms with van der Waals surface area (Å²) in [6, 6.07) is 2.74. The van der Waals surface area contributed by atoms with E-state index in [-0.39, 0.29) is 22.4 Å². The standard InChI is InChI=1S/C12H9BrF3NO3/c1-5(13)9(18)6-3-4-7(19-2)8-10(6)20-11(17-8)12(14,15)16/h3-5H,1-2H3. The third kappa shape index (κ3) is 2.52. The van der Waals surface area contributed by atoms with Crippen LogP contribution >= 0.6 is 15.9 Å². The zero-order chi connectivity index (χ0) is 15.1. The second-order valence-electron chi connectivity index (χ2n) is 3.99. The molecule has 0 saturated heterocycles. The monoisotopic (exact) mass is 351 g/mol. The second kappa shape index (κ2) is 5.08. The van der Waals surface area contributed by atoms with E-state index in [1.54, 1.807) is 6.92 Å². The molecule has 1 unspecified atom stereocenters. The van der Waals surface area contributed by atoms with E-state index in [0.29, 0.717) is 0 Å². The summed E-state index contributed by atoms with van der Waals surface area (Å²) in [6.07, 6.45) is -4.73. The number of fused-ring (bicyclic) bond motifs is 1. The van der Waals surface area contributed by atoms with E-state index in [0.717, 1.165) is 0 Å². The van der Waals surface area contributed by atoms with Crippen molar-refractivity contribution in [3.8, 4) is 5.75 Å². The molecule has 1 heterocycles. The molecule has 0 fully saturated rings. The van der Waals surface area contributed by atoms with Crippen molar-refractivity contribution in [1.29, 1.82) is 0 Å². The van der Waals surface area contributed by atoms with Gasteiger partial charge in [0.2, 0.25) is 0 Å². The first-order valence-corrected chi connectivity index (χ1v) is 6.40. The minimum absolute atomic E-state index is 0.0215. The molecular weight excluding hydrogens is 343 g/mol. The lowest BCUT2D eigenvalue weighted by atomic mass is 10.1. The number of aromatic nitrogens is 1. The molecule has 0 aliphatic rings. The number of hydrogen-bond acceptors (Lipinski definition) is 4. The van der Waals surface area contributed by atoms with Gasteiger partial charge in [0.15, 0.2) is 16.9 Å². The Labute approximate surface area is 120 Å². The minimum atomic E-state index is -4.73. The molecule has 8 heteroatoms. The third-order valence-electron chi connectivity index (χ3n) is 2.60. The first-order valence-electron chi connectivity index (χ1n) is 5.48. The molecule has 2 rings (SSSR count). The number of rotatable bonds is 3. The lowest BCUT2D eigenvalue weighted by molar-refractivity contribution is -0.156. The molecule has 2 aromatic rings. The number of carbonyl (C=O) groups excluding carboxylic acids is 1. The molecule has 0 spiro atoms. The largest absolute Gasteiger partial charge is 0.494 e. The second-order valence-corrected chi connectivity index (χ2v) is 5.36. The van der Waals surface area contributed by atoms with Crippen LogP contribution in [0.4, 0.5) is 13.2 Å². The molecule has 0 aliphatic heterocycles. The number of carbonyl (C=O) groups is 1. The van der Waals surface area contributed by atoms with Gasteiger partial charge in [0.1, 0.15) is 5.75 Å². The lowest BCUT2D eigenvalue weighted by Gasteiger charge is -2.05. The summed E-state index contributed by atoms with van der Waals surface area (Å²) in [5.74, 6) is -1.70. The van der Waals surface area contributed by atoms with Gasteiger partial charge in [-0.1, -0.05) is 15.9 Å². The van der Waals surface area contributed by atoms with Gasteiger partial charge in [0.25, 0.3) is 0 Å². The summed E-state index contributed by atoms with van der Waals surface area (Å²) >= 11 is 3.08. The van der Waals surface area contributed by atoms with Gasteiger partial charge < -0.3 is 9.15 Å². The van der Waals surface area contributed by atoms with Gasteiger partial charge >= 0.3 is 12.1 Å². The number of hydrogen-bond donors (Lipinski definition) is 0. The Morgan fingerprint density at radius 3 is 2.60 bits per heavy atom. The maximum Gasteiger partial charge on any atom is 0.468 e. The zero-order valence-corrected chi connectivity index (χ0v) is 12.0. The van der Waals surface area contributed by atoms with Crippen molar-refractivity contribution in [1.82, 2.24) is 4.98 Å². The van der Waals surface area contributed by atoms with Crippen LogP contribution in [0.3, 0.4) is 0 Å². The predicted molar refractivity (Wildman–Crippen MR) is 68.3 cm³/mol. The highest BCUT2D eigenvalue weighted by Gasteiger charge is 2.38. The number of halogens is 4. The quantitative estimate of drug-likeness (QED) is 0.623. The summed E-state index contributed by atoms with van der Waals surface area (Å²) in [6.45, 7) is 1.57. The molecule has 0 bridgehead atoms. The maximum absolute atomic E-state index is 12.7. The van der Waals surface area contributed by atoms with Gasteiger partial charge in [0.05, 0.1) is 17.5 Å². The van der Waals surface area contributed by atoms with Crippen molar-refractivity contribution in [3.63, 3.8) is 0 Å². The van der Waals surface area contributed by atoms with E-state index in [1.165, 1.54) is 19.2 Å². The van der Waals surface area contributed by atoms with Crippen LogP contribution in [-0.4, -0.2) is 22.7 Å². The van der Waals surface area contributed by atoms with Gasteiger partial charge in [-0.25, -0.2) is 4.98 Å². The van der Waals surface area contributed by atoms with Gasteiger partial charge in [-0.2, -0.15) is 13.2 Å². The lowest BCUT2D eigenvalue weighted by Crippen LogP contribution is -2.10. The molecule has 0 radical (unpaired) electrons. The van der Waals surface area contributed by atoms with Crippen LogP contribution in [0, 0.1) is 0 Å². The highest BCUT2D eigenvalue weighted by Crippen LogP contribution is 2.36. The Kier molecular flexibility index (Phi) is 3.77. The third-order valence-corrected chi connectivity index (χ3v) is 3.01. The summed E-state index contributed by atoms with van der Waals surface area (Å²) in [5, 5.41) is 0. The molecule has 1 aromatic heterocycles. The molecule has 108 valence electrons. The molecule has 0 N–H and O–H groups in total. The van der Waals surface area contributed by atoms with Crippen molar-refractivity contribution in [2.24, 2.45) is 0 Å². The van der Waals surface area contributed by atoms with Crippen molar-refractivity contribution < 1.29 is 27.1 Å². The Balaban J connectivity index is 2.73. The fourth-order valence-electron chi connectivity index (χ4n) is 1.68. The summed E-state index contributed by atoms with van der Waals surface area (Å²) in [7, 11) is 1.30. The number of ether oxygens (including phenoxy) is 1. The maximum atomic E-state index is 12.7. The average Bonchev–Trinajstić information content (AvgIpc) is 2.81. The van der Waals surface area contributed by atoms with Crippen molar-refractivity contribution in [2.75, 3.05) is 7.11 Å². The van der Waals surface area contributed by atoms with Gasteiger partial charge in [-0.05, 0) is 19.1 Å². The number of methoxy groups -OCH3 is 1. The van der Waals surface area contributed by atoms with Gasteiger partial charge in [-0.3, -0.25) is 4.79 Å². The van der Waals surface area contributed by atoms with Crippen molar-refractivity contribution in [3.05, 3.63) is 23.6 Å². The topological polar surface area (TPSA) is 52.3 Å². The van der Waals surface area contributed by atoms with Crippen LogP contribution in [0.25, 0.3) is 11.1 Å². The molecule has 0 amide bonds. The van der Waals surface area contributed by atoms with E-state index in [4.69, 9.17) is 9.15 Å². The number of ketones is 1. The van der Waals surface area contributed by atoms with Crippen LogP contribution in [0.15, 0.2) is 16.5 Å². The van der Waals surface area contributed by atoms with E-state index < -0.39 is 22.7 Å². The predicted octanol–water partition coefficient (Wildman–Crippen LogP) is 3.82. The fourth-order valence-corrected chi connectivity index (χ4v) is 1.92. The normalized spacial score (nSPS) is 13.5. The van der Waals surface area contributed by atoms with Crippen LogP contribution in [-0.2, 0) is 6.18 Å². The number of Topliss-reactive ketones (excluding diaryl/α,β-unsaturated/α-hetero) is 1. The zero-order valence-electron chi connectivity index (χ0n) is 10.4. The molecule has 0 saturated carbocycles. The van der Waals surface area contributed by atoms with Crippen LogP contribution in [0.1, 0.15) is 23.2 Å². The van der Waals surface area contributed by atoms with E-state index in [1.807, 2.05) is 0 Å². The SMILES string of the molecule is COc1ccc(C(=O)C(C)Br)c2oc(C(F)(F)F)nc12. The summed E-state index contributed by atoms with van der Waals surface area (Å²) in [5.41, 5.74) is -0.333. The molecule has 0 aliphatic carbocycles. The molecular formula is C12H9BrF3NO3. The number of nitrogens with zero attached hydrogens (tertiary/aromatic N) is 1. The Morgan fingerprint density at radius 1 is 1.45 bits per heavy atom. The molecule has 1 aromatic carbocycles. The minimum Gasteiger partial charge on any atom is -0.494 e. The van der Waals surface area contributed by atoms with E-state index in [9.17, 15) is 18.0 Å². The van der Waals surface area contributed by atoms with Gasteiger partial charge in [0, 0.05) is 0 Å². The van der Waals surface area contributed by atoms with E-state index in [2.05, 4.69) is 20.9 Å². The van der Waals surface area contributed by atoms with Crippen LogP contribution in [0.5, 0.6) is 5.75 Å². The highest BCUT2D eigenvalue weighted by molar-refractivity contribution is 9.10. The van der Waals surface area contributed by atoms with Crippen LogP contribution < -0.4 is 4.74 Å².